The Balaban J connectivity index is 1.62. The first-order valence-corrected chi connectivity index (χ1v) is 9.51. The van der Waals surface area contributed by atoms with E-state index in [0.29, 0.717) is 16.5 Å². The molecule has 2 aromatic rings. The molecule has 1 heterocycles. The second-order valence-electron chi connectivity index (χ2n) is 7.79. The molecule has 150 valence electrons. The number of carbonyl (C=O) groups is 1. The number of amides is 1. The molecule has 0 aliphatic carbocycles. The van der Waals surface area contributed by atoms with Gasteiger partial charge in [0.25, 0.3) is 5.91 Å². The van der Waals surface area contributed by atoms with Gasteiger partial charge < -0.3 is 25.6 Å². The second kappa shape index (κ2) is 7.99. The van der Waals surface area contributed by atoms with Gasteiger partial charge >= 0.3 is 0 Å². The molecule has 28 heavy (non-hydrogen) atoms. The summed E-state index contributed by atoms with van der Waals surface area (Å²) in [6.45, 7) is 6.27. The number of anilines is 1. The molecule has 1 aliphatic rings. The van der Waals surface area contributed by atoms with Gasteiger partial charge in [-0.15, -0.1) is 0 Å². The maximum atomic E-state index is 12.3. The molecule has 0 aromatic heterocycles. The van der Waals surface area contributed by atoms with Gasteiger partial charge in [0.05, 0.1) is 5.69 Å². The lowest BCUT2D eigenvalue weighted by Gasteiger charge is -2.32. The molecule has 7 heteroatoms. The quantitative estimate of drug-likeness (QED) is 0.594. The number of aliphatic hydroxyl groups is 1. The lowest BCUT2D eigenvalue weighted by molar-refractivity contribution is -0.128. The molecule has 0 saturated carbocycles. The number of halogens is 1. The normalized spacial score (nSPS) is 17.5. The number of nitrogens with one attached hydrogen (secondary N) is 2. The van der Waals surface area contributed by atoms with Crippen molar-refractivity contribution in [1.29, 1.82) is 0 Å². The lowest BCUT2D eigenvalue weighted by Crippen LogP contribution is -2.53. The number of phenolic OH excluding ortho intramolecular Hbond substituents is 1. The average Bonchev–Trinajstić information content (AvgIpc) is 2.61. The zero-order chi connectivity index (χ0) is 20.5. The molecule has 1 amide bonds. The van der Waals surface area contributed by atoms with Crippen LogP contribution in [0.1, 0.15) is 25.0 Å². The van der Waals surface area contributed by atoms with Gasteiger partial charge in [0.15, 0.2) is 0 Å². The van der Waals surface area contributed by atoms with E-state index in [-0.39, 0.29) is 17.8 Å². The van der Waals surface area contributed by atoms with E-state index in [9.17, 15) is 15.0 Å². The maximum Gasteiger partial charge on any atom is 0.268 e. The number of carbonyl (C=O) groups excluding carboxylic acids is 1. The standard InChI is InChI=1S/C21H25ClN2O4/c1-12-8-14(22)5-4-13(12)10-21(2,3)23-11-17(26)19-20(27)24-16-9-15(25)6-7-18(16)28-19/h4-9,17,19,23,25-26H,10-11H2,1-3H3,(H,24,27). The summed E-state index contributed by atoms with van der Waals surface area (Å²) in [5, 5.41) is 26.7. The van der Waals surface area contributed by atoms with Crippen molar-refractivity contribution < 1.29 is 19.7 Å². The Morgan fingerprint density at radius 2 is 2.04 bits per heavy atom. The van der Waals surface area contributed by atoms with E-state index in [2.05, 4.69) is 10.6 Å². The number of aryl methyl sites for hydroxylation is 1. The number of β-amino-alcohol motifs (C(OH)–C–C–N with tert-alkyl or cyclic N) is 1. The SMILES string of the molecule is Cc1cc(Cl)ccc1CC(C)(C)NCC(O)C1Oc2ccc(O)cc2NC1=O. The van der Waals surface area contributed by atoms with E-state index in [4.69, 9.17) is 16.3 Å². The smallest absolute Gasteiger partial charge is 0.268 e. The van der Waals surface area contributed by atoms with Crippen LogP contribution in [-0.4, -0.2) is 40.4 Å². The first-order chi connectivity index (χ1) is 13.1. The molecule has 0 fully saturated rings. The minimum absolute atomic E-state index is 0.0301. The summed E-state index contributed by atoms with van der Waals surface area (Å²) >= 11 is 6.02. The van der Waals surface area contributed by atoms with Crippen molar-refractivity contribution in [1.82, 2.24) is 5.32 Å². The number of hydrogen-bond acceptors (Lipinski definition) is 5. The molecule has 0 spiro atoms. The minimum atomic E-state index is -1.03. The van der Waals surface area contributed by atoms with Crippen molar-refractivity contribution >= 4 is 23.2 Å². The maximum absolute atomic E-state index is 12.3. The van der Waals surface area contributed by atoms with Crippen LogP contribution < -0.4 is 15.4 Å². The van der Waals surface area contributed by atoms with Crippen LogP contribution in [0.5, 0.6) is 11.5 Å². The van der Waals surface area contributed by atoms with Gasteiger partial charge in [-0.05, 0) is 62.6 Å². The topological polar surface area (TPSA) is 90.8 Å². The summed E-state index contributed by atoms with van der Waals surface area (Å²) < 4.78 is 5.65. The molecule has 0 radical (unpaired) electrons. The zero-order valence-electron chi connectivity index (χ0n) is 16.1. The summed E-state index contributed by atoms with van der Waals surface area (Å²) in [5.74, 6) is -0.00110. The molecule has 0 bridgehead atoms. The zero-order valence-corrected chi connectivity index (χ0v) is 16.9. The molecule has 2 atom stereocenters. The third-order valence-electron chi connectivity index (χ3n) is 4.81. The highest BCUT2D eigenvalue weighted by atomic mass is 35.5. The number of aliphatic hydroxyl groups excluding tert-OH is 1. The van der Waals surface area contributed by atoms with Gasteiger partial charge in [-0.1, -0.05) is 17.7 Å². The van der Waals surface area contributed by atoms with Crippen molar-refractivity contribution in [3.8, 4) is 11.5 Å². The van der Waals surface area contributed by atoms with Crippen LogP contribution in [0.4, 0.5) is 5.69 Å². The second-order valence-corrected chi connectivity index (χ2v) is 8.22. The highest BCUT2D eigenvalue weighted by molar-refractivity contribution is 6.30. The van der Waals surface area contributed by atoms with Crippen molar-refractivity contribution in [2.75, 3.05) is 11.9 Å². The summed E-state index contributed by atoms with van der Waals surface area (Å²) in [7, 11) is 0. The van der Waals surface area contributed by atoms with Gasteiger partial charge in [-0.3, -0.25) is 4.79 Å². The predicted octanol–water partition coefficient (Wildman–Crippen LogP) is 3.03. The third kappa shape index (κ3) is 4.76. The minimum Gasteiger partial charge on any atom is -0.508 e. The Bertz CT molecular complexity index is 885. The monoisotopic (exact) mass is 404 g/mol. The van der Waals surface area contributed by atoms with Crippen LogP contribution >= 0.6 is 11.6 Å². The van der Waals surface area contributed by atoms with Crippen molar-refractivity contribution in [3.63, 3.8) is 0 Å². The number of phenols is 1. The Hall–Kier alpha value is -2.28. The molecule has 0 saturated heterocycles. The fourth-order valence-corrected chi connectivity index (χ4v) is 3.48. The largest absolute Gasteiger partial charge is 0.508 e. The van der Waals surface area contributed by atoms with Gasteiger partial charge in [0, 0.05) is 23.2 Å². The average molecular weight is 405 g/mol. The van der Waals surface area contributed by atoms with E-state index >= 15 is 0 Å². The Labute approximate surface area is 169 Å². The molecule has 1 aliphatic heterocycles. The highest BCUT2D eigenvalue weighted by Gasteiger charge is 2.34. The summed E-state index contributed by atoms with van der Waals surface area (Å²) in [4.78, 5) is 12.3. The fraction of sp³-hybridized carbons (Fsp3) is 0.381. The first kappa shape index (κ1) is 20.5. The van der Waals surface area contributed by atoms with Gasteiger partial charge in [0.1, 0.15) is 17.6 Å². The van der Waals surface area contributed by atoms with Gasteiger partial charge in [-0.2, -0.15) is 0 Å². The van der Waals surface area contributed by atoms with Crippen molar-refractivity contribution in [2.45, 2.75) is 44.9 Å². The van der Waals surface area contributed by atoms with E-state index in [1.165, 1.54) is 12.1 Å². The van der Waals surface area contributed by atoms with E-state index in [1.54, 1.807) is 6.07 Å². The lowest BCUT2D eigenvalue weighted by atomic mass is 9.92. The van der Waals surface area contributed by atoms with Crippen LogP contribution in [0.3, 0.4) is 0 Å². The molecule has 4 N–H and O–H groups in total. The molecular formula is C21H25ClN2O4. The van der Waals surface area contributed by atoms with Crippen molar-refractivity contribution in [3.05, 3.63) is 52.5 Å². The predicted molar refractivity (Wildman–Crippen MR) is 109 cm³/mol. The van der Waals surface area contributed by atoms with Crippen LogP contribution in [0.2, 0.25) is 5.02 Å². The van der Waals surface area contributed by atoms with Crippen LogP contribution in [0.15, 0.2) is 36.4 Å². The van der Waals surface area contributed by atoms with E-state index in [1.807, 2.05) is 39.0 Å². The Kier molecular flexibility index (Phi) is 5.84. The van der Waals surface area contributed by atoms with Crippen LogP contribution in [-0.2, 0) is 11.2 Å². The molecular weight excluding hydrogens is 380 g/mol. The number of aromatic hydroxyl groups is 1. The van der Waals surface area contributed by atoms with Crippen LogP contribution in [0.25, 0.3) is 0 Å². The number of rotatable bonds is 6. The third-order valence-corrected chi connectivity index (χ3v) is 5.04. The van der Waals surface area contributed by atoms with Gasteiger partial charge in [0.2, 0.25) is 6.10 Å². The number of ether oxygens (including phenoxy) is 1. The summed E-state index contributed by atoms with van der Waals surface area (Å²) in [6, 6.07) is 10.2. The molecule has 6 nitrogen and oxygen atoms in total. The molecule has 3 rings (SSSR count). The molecule has 2 aromatic carbocycles. The fourth-order valence-electron chi connectivity index (χ4n) is 3.25. The van der Waals surface area contributed by atoms with E-state index in [0.717, 1.165) is 17.5 Å². The molecule has 2 unspecified atom stereocenters. The van der Waals surface area contributed by atoms with Crippen molar-refractivity contribution in [2.24, 2.45) is 0 Å². The van der Waals surface area contributed by atoms with Crippen LogP contribution in [0, 0.1) is 6.92 Å². The highest BCUT2D eigenvalue weighted by Crippen LogP contribution is 2.33. The number of benzene rings is 2. The Morgan fingerprint density at radius 3 is 2.75 bits per heavy atom. The Morgan fingerprint density at radius 1 is 1.29 bits per heavy atom. The van der Waals surface area contributed by atoms with E-state index < -0.39 is 18.1 Å². The number of fused-ring (bicyclic) bond motifs is 1. The summed E-state index contributed by atoms with van der Waals surface area (Å²) in [6.07, 6.45) is -1.33. The summed E-state index contributed by atoms with van der Waals surface area (Å²) in [5.41, 5.74) is 2.35. The van der Waals surface area contributed by atoms with Gasteiger partial charge in [-0.25, -0.2) is 0 Å². The number of hydrogen-bond donors (Lipinski definition) is 4. The first-order valence-electron chi connectivity index (χ1n) is 9.13.